The van der Waals surface area contributed by atoms with Gasteiger partial charge in [0.1, 0.15) is 5.82 Å². The Morgan fingerprint density at radius 1 is 1.21 bits per heavy atom. The number of hydrogen-bond acceptors (Lipinski definition) is 3. The van der Waals surface area contributed by atoms with Gasteiger partial charge in [0, 0.05) is 38.6 Å². The van der Waals surface area contributed by atoms with Gasteiger partial charge in [-0.15, -0.1) is 12.4 Å². The van der Waals surface area contributed by atoms with Crippen LogP contribution in [0.4, 0.5) is 9.18 Å². The van der Waals surface area contributed by atoms with Crippen LogP contribution in [0.1, 0.15) is 56.6 Å². The number of carbonyl (C=O) groups is 2. The number of benzene rings is 1. The van der Waals surface area contributed by atoms with E-state index < -0.39 is 0 Å². The van der Waals surface area contributed by atoms with Crippen molar-refractivity contribution >= 4 is 24.3 Å². The predicted molar refractivity (Wildman–Crippen MR) is 114 cm³/mol. The Morgan fingerprint density at radius 2 is 2.00 bits per heavy atom. The van der Waals surface area contributed by atoms with Crippen LogP contribution >= 0.6 is 12.4 Å². The highest BCUT2D eigenvalue weighted by molar-refractivity contribution is 5.85. The molecular weight excluding hydrogens is 395 g/mol. The number of halogens is 2. The van der Waals surface area contributed by atoms with Crippen LogP contribution in [0, 0.1) is 5.82 Å². The first-order valence-corrected chi connectivity index (χ1v) is 10.4. The molecule has 0 spiro atoms. The van der Waals surface area contributed by atoms with Crippen LogP contribution in [0.2, 0.25) is 0 Å². The van der Waals surface area contributed by atoms with Gasteiger partial charge in [-0.2, -0.15) is 0 Å². The van der Waals surface area contributed by atoms with Gasteiger partial charge in [0.2, 0.25) is 5.91 Å². The molecule has 162 valence electrons. The van der Waals surface area contributed by atoms with Gasteiger partial charge in [0.25, 0.3) is 0 Å². The molecule has 3 rings (SSSR count). The number of amides is 3. The molecule has 1 unspecified atom stereocenters. The van der Waals surface area contributed by atoms with Gasteiger partial charge in [-0.1, -0.05) is 31.4 Å². The van der Waals surface area contributed by atoms with Crippen molar-refractivity contribution in [2.24, 2.45) is 0 Å². The van der Waals surface area contributed by atoms with Crippen LogP contribution < -0.4 is 16.0 Å². The monoisotopic (exact) mass is 426 g/mol. The highest BCUT2D eigenvalue weighted by Crippen LogP contribution is 2.24. The minimum Gasteiger partial charge on any atom is -0.338 e. The van der Waals surface area contributed by atoms with E-state index in [-0.39, 0.29) is 42.2 Å². The average Bonchev–Trinajstić information content (AvgIpc) is 2.72. The summed E-state index contributed by atoms with van der Waals surface area (Å²) in [5.41, 5.74) is 0.811. The van der Waals surface area contributed by atoms with Crippen molar-refractivity contribution in [1.29, 1.82) is 0 Å². The zero-order valence-corrected chi connectivity index (χ0v) is 17.6. The van der Waals surface area contributed by atoms with Crippen LogP contribution in [-0.4, -0.2) is 49.1 Å². The van der Waals surface area contributed by atoms with Crippen molar-refractivity contribution in [3.63, 3.8) is 0 Å². The molecule has 1 aliphatic heterocycles. The lowest BCUT2D eigenvalue weighted by Gasteiger charge is -2.36. The van der Waals surface area contributed by atoms with Crippen LogP contribution in [-0.2, 0) is 4.79 Å². The van der Waals surface area contributed by atoms with Crippen LogP contribution in [0.3, 0.4) is 0 Å². The SMILES string of the molecule is Cl.O=C(NCCCC(=O)N1CCNCC1c1cccc(F)c1)NC1CCCCC1. The standard InChI is InChI=1S/C21H31FN4O2.ClH/c22-17-7-4-6-16(14-17)19-15-23-12-13-26(19)20(27)10-5-11-24-21(28)25-18-8-2-1-3-9-18;/h4,6-7,14,18-19,23H,1-3,5,8-13,15H2,(H2,24,25,28);1H. The fraction of sp³-hybridized carbons (Fsp3) is 0.619. The topological polar surface area (TPSA) is 73.5 Å². The molecular formula is C21H32ClFN4O2. The Morgan fingerprint density at radius 3 is 2.76 bits per heavy atom. The second-order valence-electron chi connectivity index (χ2n) is 7.70. The van der Waals surface area contributed by atoms with E-state index in [9.17, 15) is 14.0 Å². The highest BCUT2D eigenvalue weighted by Gasteiger charge is 2.27. The minimum atomic E-state index is -0.288. The van der Waals surface area contributed by atoms with Gasteiger partial charge >= 0.3 is 6.03 Å². The molecule has 1 heterocycles. The van der Waals surface area contributed by atoms with Crippen molar-refractivity contribution in [2.75, 3.05) is 26.2 Å². The maximum absolute atomic E-state index is 13.6. The number of piperazine rings is 1. The molecule has 8 heteroatoms. The second kappa shape index (κ2) is 12.0. The normalized spacial score (nSPS) is 19.9. The van der Waals surface area contributed by atoms with Crippen LogP contribution in [0.25, 0.3) is 0 Å². The molecule has 0 radical (unpaired) electrons. The third-order valence-corrected chi connectivity index (χ3v) is 5.59. The summed E-state index contributed by atoms with van der Waals surface area (Å²) in [6, 6.07) is 6.43. The van der Waals surface area contributed by atoms with Gasteiger partial charge in [-0.3, -0.25) is 4.79 Å². The van der Waals surface area contributed by atoms with Gasteiger partial charge in [-0.05, 0) is 37.0 Å². The number of rotatable bonds is 6. The molecule has 1 aliphatic carbocycles. The van der Waals surface area contributed by atoms with E-state index in [1.54, 1.807) is 6.07 Å². The molecule has 2 aliphatic rings. The number of nitrogens with zero attached hydrogens (tertiary/aromatic N) is 1. The first-order valence-electron chi connectivity index (χ1n) is 10.4. The molecule has 1 atom stereocenters. The first kappa shape index (κ1) is 23.4. The molecule has 1 saturated heterocycles. The Balaban J connectivity index is 0.00000300. The Kier molecular flexibility index (Phi) is 9.67. The lowest BCUT2D eigenvalue weighted by atomic mass is 9.96. The maximum Gasteiger partial charge on any atom is 0.315 e. The van der Waals surface area contributed by atoms with Gasteiger partial charge < -0.3 is 20.9 Å². The summed E-state index contributed by atoms with van der Waals surface area (Å²) in [7, 11) is 0. The summed E-state index contributed by atoms with van der Waals surface area (Å²) in [4.78, 5) is 26.5. The second-order valence-corrected chi connectivity index (χ2v) is 7.70. The van der Waals surface area contributed by atoms with E-state index in [4.69, 9.17) is 0 Å². The van der Waals surface area contributed by atoms with E-state index in [2.05, 4.69) is 16.0 Å². The molecule has 1 aromatic rings. The van der Waals surface area contributed by atoms with E-state index in [1.165, 1.54) is 31.4 Å². The lowest BCUT2D eigenvalue weighted by Crippen LogP contribution is -2.48. The van der Waals surface area contributed by atoms with Crippen LogP contribution in [0.15, 0.2) is 24.3 Å². The third-order valence-electron chi connectivity index (χ3n) is 5.59. The van der Waals surface area contributed by atoms with E-state index >= 15 is 0 Å². The Hall–Kier alpha value is -1.86. The van der Waals surface area contributed by atoms with Crippen molar-refractivity contribution < 1.29 is 14.0 Å². The minimum absolute atomic E-state index is 0. The zero-order chi connectivity index (χ0) is 19.8. The summed E-state index contributed by atoms with van der Waals surface area (Å²) in [6.07, 6.45) is 6.68. The molecule has 2 fully saturated rings. The fourth-order valence-corrected chi connectivity index (χ4v) is 4.08. The highest BCUT2D eigenvalue weighted by atomic mass is 35.5. The molecule has 0 aromatic heterocycles. The average molecular weight is 427 g/mol. The summed E-state index contributed by atoms with van der Waals surface area (Å²) in [6.45, 7) is 2.44. The summed E-state index contributed by atoms with van der Waals surface area (Å²) in [5.74, 6) is -0.242. The number of urea groups is 1. The van der Waals surface area contributed by atoms with E-state index in [0.717, 1.165) is 24.9 Å². The van der Waals surface area contributed by atoms with E-state index in [1.807, 2.05) is 11.0 Å². The van der Waals surface area contributed by atoms with Gasteiger partial charge in [-0.25, -0.2) is 9.18 Å². The van der Waals surface area contributed by atoms with Crippen molar-refractivity contribution in [3.05, 3.63) is 35.6 Å². The Labute approximate surface area is 178 Å². The largest absolute Gasteiger partial charge is 0.338 e. The first-order chi connectivity index (χ1) is 13.6. The van der Waals surface area contributed by atoms with Crippen molar-refractivity contribution in [2.45, 2.75) is 57.0 Å². The number of hydrogen-bond donors (Lipinski definition) is 3. The van der Waals surface area contributed by atoms with Crippen molar-refractivity contribution in [1.82, 2.24) is 20.9 Å². The summed E-state index contributed by atoms with van der Waals surface area (Å²) in [5, 5.41) is 9.15. The van der Waals surface area contributed by atoms with Gasteiger partial charge in [0.05, 0.1) is 6.04 Å². The molecule has 3 N–H and O–H groups in total. The summed E-state index contributed by atoms with van der Waals surface area (Å²) >= 11 is 0. The molecule has 29 heavy (non-hydrogen) atoms. The third kappa shape index (κ3) is 7.16. The maximum atomic E-state index is 13.6. The quantitative estimate of drug-likeness (QED) is 0.612. The lowest BCUT2D eigenvalue weighted by molar-refractivity contribution is -0.134. The van der Waals surface area contributed by atoms with E-state index in [0.29, 0.717) is 32.5 Å². The predicted octanol–water partition coefficient (Wildman–Crippen LogP) is 3.13. The molecule has 1 aromatic carbocycles. The molecule has 6 nitrogen and oxygen atoms in total. The number of carbonyl (C=O) groups excluding carboxylic acids is 2. The Bertz CT molecular complexity index is 670. The fourth-order valence-electron chi connectivity index (χ4n) is 4.08. The molecule has 0 bridgehead atoms. The smallest absolute Gasteiger partial charge is 0.315 e. The zero-order valence-electron chi connectivity index (χ0n) is 16.8. The number of nitrogens with one attached hydrogen (secondary N) is 3. The molecule has 1 saturated carbocycles. The summed E-state index contributed by atoms with van der Waals surface area (Å²) < 4.78 is 13.6. The van der Waals surface area contributed by atoms with Crippen molar-refractivity contribution in [3.8, 4) is 0 Å². The molecule has 3 amide bonds. The van der Waals surface area contributed by atoms with Gasteiger partial charge in [0.15, 0.2) is 0 Å². The van der Waals surface area contributed by atoms with Crippen LogP contribution in [0.5, 0.6) is 0 Å².